The molecule has 2 aromatic rings. The number of ether oxygens (including phenoxy) is 2. The first-order chi connectivity index (χ1) is 11.3. The van der Waals surface area contributed by atoms with Gasteiger partial charge < -0.3 is 14.8 Å². The fraction of sp³-hybridized carbons (Fsp3) is 0.294. The molecule has 1 N–H and O–H groups in total. The van der Waals surface area contributed by atoms with Gasteiger partial charge in [-0.25, -0.2) is 4.98 Å². The van der Waals surface area contributed by atoms with Crippen LogP contribution in [0.15, 0.2) is 47.5 Å². The van der Waals surface area contributed by atoms with Gasteiger partial charge in [0.25, 0.3) is 5.91 Å². The third-order valence-corrected chi connectivity index (χ3v) is 4.32. The number of anilines is 1. The minimum Gasteiger partial charge on any atom is -0.472 e. The number of pyridine rings is 1. The summed E-state index contributed by atoms with van der Waals surface area (Å²) in [5, 5.41) is 2.93. The van der Waals surface area contributed by atoms with E-state index in [4.69, 9.17) is 9.47 Å². The Hall–Kier alpha value is -2.05. The van der Waals surface area contributed by atoms with Crippen molar-refractivity contribution in [3.05, 3.63) is 48.2 Å². The van der Waals surface area contributed by atoms with Crippen molar-refractivity contribution in [2.45, 2.75) is 17.4 Å². The number of carbonyl (C=O) groups excluding carboxylic acids is 1. The highest BCUT2D eigenvalue weighted by Gasteiger charge is 2.18. The highest BCUT2D eigenvalue weighted by Crippen LogP contribution is 2.25. The Kier molecular flexibility index (Phi) is 5.15. The molecule has 5 nitrogen and oxygen atoms in total. The predicted octanol–water partition coefficient (Wildman–Crippen LogP) is 3.22. The third-order valence-electron chi connectivity index (χ3n) is 3.53. The SMILES string of the molecule is CSc1ccccc1NC(=O)c1ccnc(O[C@H]2CCOC2)c1. The molecule has 6 heteroatoms. The first-order valence-corrected chi connectivity index (χ1v) is 8.63. The van der Waals surface area contributed by atoms with Crippen molar-refractivity contribution in [2.24, 2.45) is 0 Å². The van der Waals surface area contributed by atoms with Crippen LogP contribution in [0.1, 0.15) is 16.8 Å². The van der Waals surface area contributed by atoms with Crippen LogP contribution in [0.3, 0.4) is 0 Å². The van der Waals surface area contributed by atoms with Gasteiger partial charge in [0.2, 0.25) is 5.88 Å². The van der Waals surface area contributed by atoms with Gasteiger partial charge in [0.05, 0.1) is 18.9 Å². The lowest BCUT2D eigenvalue weighted by atomic mass is 10.2. The quantitative estimate of drug-likeness (QED) is 0.853. The molecule has 0 saturated carbocycles. The van der Waals surface area contributed by atoms with Gasteiger partial charge in [0.15, 0.2) is 0 Å². The Morgan fingerprint density at radius 3 is 3.04 bits per heavy atom. The number of thioether (sulfide) groups is 1. The zero-order valence-electron chi connectivity index (χ0n) is 12.8. The van der Waals surface area contributed by atoms with Gasteiger partial charge in [0.1, 0.15) is 6.10 Å². The molecule has 0 spiro atoms. The normalized spacial score (nSPS) is 17.0. The molecule has 0 unspecified atom stereocenters. The summed E-state index contributed by atoms with van der Waals surface area (Å²) in [4.78, 5) is 17.6. The predicted molar refractivity (Wildman–Crippen MR) is 90.3 cm³/mol. The highest BCUT2D eigenvalue weighted by molar-refractivity contribution is 7.98. The van der Waals surface area contributed by atoms with Gasteiger partial charge in [-0.05, 0) is 24.5 Å². The van der Waals surface area contributed by atoms with Crippen LogP contribution in [0.4, 0.5) is 5.69 Å². The van der Waals surface area contributed by atoms with Crippen LogP contribution >= 0.6 is 11.8 Å². The number of amides is 1. The number of hydrogen-bond acceptors (Lipinski definition) is 5. The number of hydrogen-bond donors (Lipinski definition) is 1. The first kappa shape index (κ1) is 15.8. The summed E-state index contributed by atoms with van der Waals surface area (Å²) in [7, 11) is 0. The Morgan fingerprint density at radius 1 is 1.39 bits per heavy atom. The van der Waals surface area contributed by atoms with Crippen LogP contribution in [0, 0.1) is 0 Å². The number of nitrogens with zero attached hydrogens (tertiary/aromatic N) is 1. The van der Waals surface area contributed by atoms with E-state index in [1.807, 2.05) is 30.5 Å². The maximum absolute atomic E-state index is 12.4. The standard InChI is InChI=1S/C17H18N2O3S/c1-23-15-5-3-2-4-14(15)19-17(20)12-6-8-18-16(10-12)22-13-7-9-21-11-13/h2-6,8,10,13H,7,9,11H2,1H3,(H,19,20)/t13-/m0/s1. The molecule has 1 aromatic heterocycles. The summed E-state index contributed by atoms with van der Waals surface area (Å²) in [6.07, 6.45) is 4.42. The molecular weight excluding hydrogens is 312 g/mol. The molecule has 1 aromatic carbocycles. The van der Waals surface area contributed by atoms with Gasteiger partial charge in [-0.2, -0.15) is 0 Å². The largest absolute Gasteiger partial charge is 0.472 e. The molecule has 3 rings (SSSR count). The smallest absolute Gasteiger partial charge is 0.255 e. The molecule has 0 radical (unpaired) electrons. The molecule has 1 saturated heterocycles. The maximum atomic E-state index is 12.4. The summed E-state index contributed by atoms with van der Waals surface area (Å²) < 4.78 is 11.0. The number of para-hydroxylation sites is 1. The summed E-state index contributed by atoms with van der Waals surface area (Å²) in [5.74, 6) is 0.271. The molecule has 1 aliphatic rings. The maximum Gasteiger partial charge on any atom is 0.255 e. The van der Waals surface area contributed by atoms with Crippen LogP contribution in [0.25, 0.3) is 0 Å². The molecule has 23 heavy (non-hydrogen) atoms. The molecule has 0 bridgehead atoms. The lowest BCUT2D eigenvalue weighted by Gasteiger charge is -2.12. The van der Waals surface area contributed by atoms with E-state index in [0.717, 1.165) is 17.0 Å². The monoisotopic (exact) mass is 330 g/mol. The van der Waals surface area contributed by atoms with Gasteiger partial charge in [-0.15, -0.1) is 11.8 Å². The topological polar surface area (TPSA) is 60.5 Å². The average Bonchev–Trinajstić information content (AvgIpc) is 3.08. The molecule has 1 atom stereocenters. The first-order valence-electron chi connectivity index (χ1n) is 7.41. The molecule has 2 heterocycles. The van der Waals surface area contributed by atoms with Crippen molar-refractivity contribution >= 4 is 23.4 Å². The highest BCUT2D eigenvalue weighted by atomic mass is 32.2. The number of rotatable bonds is 5. The fourth-order valence-corrected chi connectivity index (χ4v) is 2.89. The molecule has 1 aliphatic heterocycles. The van der Waals surface area contributed by atoms with Crippen LogP contribution in [0.5, 0.6) is 5.88 Å². The van der Waals surface area contributed by atoms with Gasteiger partial charge in [-0.3, -0.25) is 4.79 Å². The average molecular weight is 330 g/mol. The van der Waals surface area contributed by atoms with Crippen molar-refractivity contribution < 1.29 is 14.3 Å². The van der Waals surface area contributed by atoms with E-state index < -0.39 is 0 Å². The molecule has 0 aliphatic carbocycles. The second-order valence-electron chi connectivity index (χ2n) is 5.14. The second kappa shape index (κ2) is 7.48. The van der Waals surface area contributed by atoms with E-state index in [-0.39, 0.29) is 12.0 Å². The van der Waals surface area contributed by atoms with Crippen LogP contribution in [0.2, 0.25) is 0 Å². The zero-order chi connectivity index (χ0) is 16.1. The summed E-state index contributed by atoms with van der Waals surface area (Å²) >= 11 is 1.59. The minimum atomic E-state index is -0.179. The zero-order valence-corrected chi connectivity index (χ0v) is 13.6. The van der Waals surface area contributed by atoms with E-state index in [9.17, 15) is 4.79 Å². The lowest BCUT2D eigenvalue weighted by molar-refractivity contribution is 0.102. The summed E-state index contributed by atoms with van der Waals surface area (Å²) in [6.45, 7) is 1.27. The van der Waals surface area contributed by atoms with Gasteiger partial charge >= 0.3 is 0 Å². The Balaban J connectivity index is 1.71. The van der Waals surface area contributed by atoms with Crippen molar-refractivity contribution in [1.29, 1.82) is 0 Å². The van der Waals surface area contributed by atoms with Gasteiger partial charge in [0, 0.05) is 29.1 Å². The molecule has 1 fully saturated rings. The van der Waals surface area contributed by atoms with E-state index in [1.165, 1.54) is 0 Å². The van der Waals surface area contributed by atoms with Gasteiger partial charge in [-0.1, -0.05) is 12.1 Å². The molecule has 120 valence electrons. The second-order valence-corrected chi connectivity index (χ2v) is 5.99. The summed E-state index contributed by atoms with van der Waals surface area (Å²) in [5.41, 5.74) is 1.32. The number of carbonyl (C=O) groups is 1. The van der Waals surface area contributed by atoms with Crippen LogP contribution in [-0.2, 0) is 4.74 Å². The van der Waals surface area contributed by atoms with Crippen LogP contribution < -0.4 is 10.1 Å². The van der Waals surface area contributed by atoms with Crippen molar-refractivity contribution in [3.63, 3.8) is 0 Å². The lowest BCUT2D eigenvalue weighted by Crippen LogP contribution is -2.17. The minimum absolute atomic E-state index is 0.0121. The fourth-order valence-electron chi connectivity index (χ4n) is 2.33. The Bertz CT molecular complexity index is 687. The van der Waals surface area contributed by atoms with E-state index in [0.29, 0.717) is 24.7 Å². The van der Waals surface area contributed by atoms with E-state index in [2.05, 4.69) is 10.3 Å². The van der Waals surface area contributed by atoms with E-state index in [1.54, 1.807) is 30.1 Å². The van der Waals surface area contributed by atoms with E-state index >= 15 is 0 Å². The molecular formula is C17H18N2O3S. The number of aromatic nitrogens is 1. The van der Waals surface area contributed by atoms with Crippen molar-refractivity contribution in [2.75, 3.05) is 24.8 Å². The van der Waals surface area contributed by atoms with Crippen molar-refractivity contribution in [3.8, 4) is 5.88 Å². The number of benzene rings is 1. The van der Waals surface area contributed by atoms with Crippen molar-refractivity contribution in [1.82, 2.24) is 4.98 Å². The summed E-state index contributed by atoms with van der Waals surface area (Å²) in [6, 6.07) is 11.0. The Labute approximate surface area is 139 Å². The third kappa shape index (κ3) is 4.03. The number of nitrogens with one attached hydrogen (secondary N) is 1. The van der Waals surface area contributed by atoms with Crippen LogP contribution in [-0.4, -0.2) is 36.5 Å². The molecule has 1 amide bonds. The Morgan fingerprint density at radius 2 is 2.26 bits per heavy atom.